The van der Waals surface area contributed by atoms with E-state index in [0.717, 1.165) is 0 Å². The second-order valence-electron chi connectivity index (χ2n) is 5.57. The van der Waals surface area contributed by atoms with Gasteiger partial charge < -0.3 is 0 Å². The molecule has 0 heterocycles. The summed E-state index contributed by atoms with van der Waals surface area (Å²) in [7, 11) is 0. The zero-order valence-corrected chi connectivity index (χ0v) is 10.6. The van der Waals surface area contributed by atoms with E-state index >= 15 is 0 Å². The largest absolute Gasteiger partial charge is 0.0839 e. The van der Waals surface area contributed by atoms with Crippen molar-refractivity contribution < 1.29 is 0 Å². The minimum absolute atomic E-state index is 0.586. The second-order valence-corrected chi connectivity index (χ2v) is 5.57. The Kier molecular flexibility index (Phi) is 2.29. The van der Waals surface area contributed by atoms with Crippen molar-refractivity contribution in [3.8, 4) is 0 Å². The van der Waals surface area contributed by atoms with Gasteiger partial charge in [0.2, 0.25) is 0 Å². The fourth-order valence-electron chi connectivity index (χ4n) is 3.84. The Balaban J connectivity index is 1.93. The zero-order valence-electron chi connectivity index (χ0n) is 10.6. The van der Waals surface area contributed by atoms with Crippen LogP contribution in [0.1, 0.15) is 25.7 Å². The summed E-state index contributed by atoms with van der Waals surface area (Å²) in [6, 6.07) is 0. The molecule has 0 amide bonds. The van der Waals surface area contributed by atoms with Gasteiger partial charge in [-0.15, -0.1) is 0 Å². The first-order chi connectivity index (χ1) is 8.95. The standard InChI is InChI=1S/C18H18/c1-2-8-14-13(7-1)15-9-3-4-11-17(15)18-12-6-5-10-16(14)18/h1-3,5,7-10,13-14H,4,6,11-12H2. The molecule has 0 aliphatic heterocycles. The van der Waals surface area contributed by atoms with Gasteiger partial charge in [-0.05, 0) is 48.0 Å². The summed E-state index contributed by atoms with van der Waals surface area (Å²) in [5, 5.41) is 0. The Morgan fingerprint density at radius 3 is 1.72 bits per heavy atom. The van der Waals surface area contributed by atoms with Gasteiger partial charge in [-0.1, -0.05) is 48.6 Å². The molecule has 4 aliphatic carbocycles. The van der Waals surface area contributed by atoms with Crippen LogP contribution in [0.4, 0.5) is 0 Å². The van der Waals surface area contributed by atoms with Crippen molar-refractivity contribution >= 4 is 0 Å². The van der Waals surface area contributed by atoms with Crippen LogP contribution in [-0.2, 0) is 0 Å². The molecule has 4 rings (SSSR count). The summed E-state index contributed by atoms with van der Waals surface area (Å²) in [5.74, 6) is 1.17. The molecule has 4 aliphatic rings. The highest BCUT2D eigenvalue weighted by molar-refractivity contribution is 5.57. The molecular formula is C18H18. The third-order valence-corrected chi connectivity index (χ3v) is 4.63. The van der Waals surface area contributed by atoms with Crippen LogP contribution in [0.2, 0.25) is 0 Å². The molecule has 0 fully saturated rings. The highest BCUT2D eigenvalue weighted by Gasteiger charge is 2.34. The van der Waals surface area contributed by atoms with E-state index in [1.54, 1.807) is 22.3 Å². The van der Waals surface area contributed by atoms with Crippen LogP contribution >= 0.6 is 0 Å². The Morgan fingerprint density at radius 2 is 1.22 bits per heavy atom. The van der Waals surface area contributed by atoms with Crippen molar-refractivity contribution in [2.45, 2.75) is 25.7 Å². The van der Waals surface area contributed by atoms with Crippen molar-refractivity contribution in [3.05, 3.63) is 70.9 Å². The molecule has 18 heavy (non-hydrogen) atoms. The Bertz CT molecular complexity index is 509. The maximum atomic E-state index is 2.39. The van der Waals surface area contributed by atoms with Crippen LogP contribution in [0.5, 0.6) is 0 Å². The number of fused-ring (bicyclic) bond motifs is 4. The third kappa shape index (κ3) is 1.38. The van der Waals surface area contributed by atoms with Gasteiger partial charge in [0.1, 0.15) is 0 Å². The van der Waals surface area contributed by atoms with Gasteiger partial charge in [-0.25, -0.2) is 0 Å². The van der Waals surface area contributed by atoms with Crippen LogP contribution < -0.4 is 0 Å². The Hall–Kier alpha value is -1.56. The average molecular weight is 234 g/mol. The quantitative estimate of drug-likeness (QED) is 0.572. The van der Waals surface area contributed by atoms with Crippen LogP contribution in [0.25, 0.3) is 0 Å². The van der Waals surface area contributed by atoms with E-state index in [2.05, 4.69) is 48.6 Å². The molecule has 0 aromatic heterocycles. The van der Waals surface area contributed by atoms with E-state index < -0.39 is 0 Å². The first-order valence-electron chi connectivity index (χ1n) is 7.09. The number of hydrogen-bond donors (Lipinski definition) is 0. The second kappa shape index (κ2) is 3.98. The lowest BCUT2D eigenvalue weighted by atomic mass is 9.66. The SMILES string of the molecule is C1=CC2C3=C(CCC=C3)C3=C(C=CCC3)C2C=C1. The summed E-state index contributed by atoms with van der Waals surface area (Å²) in [6.07, 6.45) is 23.6. The van der Waals surface area contributed by atoms with E-state index in [9.17, 15) is 0 Å². The van der Waals surface area contributed by atoms with Crippen molar-refractivity contribution in [1.29, 1.82) is 0 Å². The predicted octanol–water partition coefficient (Wildman–Crippen LogP) is 4.65. The molecule has 0 nitrogen and oxygen atoms in total. The van der Waals surface area contributed by atoms with Crippen LogP contribution in [0.15, 0.2) is 70.9 Å². The van der Waals surface area contributed by atoms with E-state index in [-0.39, 0.29) is 0 Å². The molecule has 0 N–H and O–H groups in total. The Labute approximate surface area is 109 Å². The summed E-state index contributed by atoms with van der Waals surface area (Å²) < 4.78 is 0. The lowest BCUT2D eigenvalue weighted by Crippen LogP contribution is -2.25. The fourth-order valence-corrected chi connectivity index (χ4v) is 3.84. The molecule has 0 aromatic rings. The minimum Gasteiger partial charge on any atom is -0.0839 e. The van der Waals surface area contributed by atoms with Gasteiger partial charge in [0, 0.05) is 11.8 Å². The molecule has 90 valence electrons. The molecule has 2 unspecified atom stereocenters. The van der Waals surface area contributed by atoms with Gasteiger partial charge in [0.15, 0.2) is 0 Å². The molecule has 0 bridgehead atoms. The van der Waals surface area contributed by atoms with Gasteiger partial charge in [0.25, 0.3) is 0 Å². The van der Waals surface area contributed by atoms with E-state index in [1.807, 2.05) is 0 Å². The molecule has 0 aromatic carbocycles. The molecule has 0 saturated heterocycles. The van der Waals surface area contributed by atoms with Crippen LogP contribution in [0, 0.1) is 11.8 Å². The van der Waals surface area contributed by atoms with Crippen LogP contribution in [-0.4, -0.2) is 0 Å². The summed E-state index contributed by atoms with van der Waals surface area (Å²) >= 11 is 0. The minimum atomic E-state index is 0.586. The average Bonchev–Trinajstić information content (AvgIpc) is 2.48. The van der Waals surface area contributed by atoms with Gasteiger partial charge in [-0.2, -0.15) is 0 Å². The smallest absolute Gasteiger partial charge is 0.0127 e. The van der Waals surface area contributed by atoms with Crippen LogP contribution in [0.3, 0.4) is 0 Å². The normalized spacial score (nSPS) is 32.4. The molecule has 0 saturated carbocycles. The number of rotatable bonds is 0. The molecule has 2 atom stereocenters. The predicted molar refractivity (Wildman–Crippen MR) is 76.1 cm³/mol. The monoisotopic (exact) mass is 234 g/mol. The summed E-state index contributed by atoms with van der Waals surface area (Å²) in [5.41, 5.74) is 6.53. The first kappa shape index (κ1) is 10.4. The maximum absolute atomic E-state index is 2.39. The Morgan fingerprint density at radius 1 is 0.722 bits per heavy atom. The third-order valence-electron chi connectivity index (χ3n) is 4.63. The highest BCUT2D eigenvalue weighted by Crippen LogP contribution is 2.48. The van der Waals surface area contributed by atoms with Crippen molar-refractivity contribution in [2.24, 2.45) is 11.8 Å². The van der Waals surface area contributed by atoms with Gasteiger partial charge in [-0.3, -0.25) is 0 Å². The maximum Gasteiger partial charge on any atom is 0.0127 e. The molecule has 0 radical (unpaired) electrons. The fraction of sp³-hybridized carbons (Fsp3) is 0.333. The highest BCUT2D eigenvalue weighted by atomic mass is 14.4. The number of hydrogen-bond acceptors (Lipinski definition) is 0. The van der Waals surface area contributed by atoms with Gasteiger partial charge in [0.05, 0.1) is 0 Å². The van der Waals surface area contributed by atoms with Crippen molar-refractivity contribution in [1.82, 2.24) is 0 Å². The van der Waals surface area contributed by atoms with Crippen molar-refractivity contribution in [2.75, 3.05) is 0 Å². The lowest BCUT2D eigenvalue weighted by Gasteiger charge is -2.38. The van der Waals surface area contributed by atoms with Gasteiger partial charge >= 0.3 is 0 Å². The molecular weight excluding hydrogens is 216 g/mol. The first-order valence-corrected chi connectivity index (χ1v) is 7.09. The lowest BCUT2D eigenvalue weighted by molar-refractivity contribution is 0.580. The van der Waals surface area contributed by atoms with E-state index in [4.69, 9.17) is 0 Å². The summed E-state index contributed by atoms with van der Waals surface area (Å²) in [6.45, 7) is 0. The number of allylic oxidation sites excluding steroid dienone is 12. The summed E-state index contributed by atoms with van der Waals surface area (Å²) in [4.78, 5) is 0. The molecule has 0 heteroatoms. The van der Waals surface area contributed by atoms with E-state index in [0.29, 0.717) is 11.8 Å². The molecule has 0 spiro atoms. The topological polar surface area (TPSA) is 0 Å². The van der Waals surface area contributed by atoms with Crippen molar-refractivity contribution in [3.63, 3.8) is 0 Å². The zero-order chi connectivity index (χ0) is 11.9. The van der Waals surface area contributed by atoms with E-state index in [1.165, 1.54) is 25.7 Å².